The zero-order chi connectivity index (χ0) is 26.8. The number of carbonyl (C=O) groups excluding carboxylic acids is 1. The first-order valence-electron chi connectivity index (χ1n) is 11.7. The lowest BCUT2D eigenvalue weighted by atomic mass is 9.99. The molecule has 0 bridgehead atoms. The van der Waals surface area contributed by atoms with E-state index in [4.69, 9.17) is 33.0 Å². The summed E-state index contributed by atoms with van der Waals surface area (Å²) in [4.78, 5) is 30.2. The molecular weight excluding hydrogens is 535 g/mol. The van der Waals surface area contributed by atoms with Crippen LogP contribution in [0.4, 0.5) is 0 Å². The van der Waals surface area contributed by atoms with Crippen molar-refractivity contribution in [1.29, 1.82) is 0 Å². The highest BCUT2D eigenvalue weighted by molar-refractivity contribution is 7.85. The van der Waals surface area contributed by atoms with E-state index in [9.17, 15) is 13.8 Å². The van der Waals surface area contributed by atoms with Gasteiger partial charge in [0.15, 0.2) is 0 Å². The normalized spacial score (nSPS) is 18.9. The van der Waals surface area contributed by atoms with E-state index in [0.717, 1.165) is 10.6 Å². The van der Waals surface area contributed by atoms with Crippen LogP contribution >= 0.6 is 23.2 Å². The summed E-state index contributed by atoms with van der Waals surface area (Å²) >= 11 is 11.5. The fourth-order valence-corrected chi connectivity index (χ4v) is 5.51. The number of aliphatic carboxylic acids is 1. The predicted octanol–water partition coefficient (Wildman–Crippen LogP) is 5.40. The van der Waals surface area contributed by atoms with Gasteiger partial charge in [-0.3, -0.25) is 13.8 Å². The fraction of sp³-hybridized carbons (Fsp3) is 0.296. The Morgan fingerprint density at radius 3 is 2.27 bits per heavy atom. The molecular formula is C27H28Cl2N2O5S. The number of benzene rings is 2. The molecule has 196 valence electrons. The number of carbonyl (C=O) groups is 2. The van der Waals surface area contributed by atoms with Gasteiger partial charge in [0.1, 0.15) is 11.1 Å². The van der Waals surface area contributed by atoms with Crippen molar-refractivity contribution in [3.05, 3.63) is 94.6 Å². The van der Waals surface area contributed by atoms with Crippen LogP contribution in [0.1, 0.15) is 31.4 Å². The van der Waals surface area contributed by atoms with Crippen LogP contribution < -0.4 is 0 Å². The highest BCUT2D eigenvalue weighted by Gasteiger charge is 2.41. The molecule has 1 N–H and O–H groups in total. The maximum Gasteiger partial charge on any atom is 0.306 e. The lowest BCUT2D eigenvalue weighted by Crippen LogP contribution is -2.55. The molecule has 1 saturated heterocycles. The maximum absolute atomic E-state index is 13.2. The molecule has 1 amide bonds. The molecule has 10 heteroatoms. The summed E-state index contributed by atoms with van der Waals surface area (Å²) in [7, 11) is -1.41. The Balaban J connectivity index is 0.000000468. The van der Waals surface area contributed by atoms with Crippen molar-refractivity contribution >= 4 is 45.9 Å². The van der Waals surface area contributed by atoms with Gasteiger partial charge in [-0.2, -0.15) is 0 Å². The Bertz CT molecular complexity index is 1180. The summed E-state index contributed by atoms with van der Waals surface area (Å²) < 4.78 is 18.5. The van der Waals surface area contributed by atoms with E-state index in [0.29, 0.717) is 16.5 Å². The number of halogens is 2. The average molecular weight is 564 g/mol. The van der Waals surface area contributed by atoms with Gasteiger partial charge in [0.25, 0.3) is 5.91 Å². The molecule has 4 atom stereocenters. The standard InChI is InChI=1S/C21H23ClN2O5S.C6H5Cl/c1-2-16(13-30(28)19-5-3-4-10-23-19)24-17(14-6-8-15(22)9-7-14)12-29-18(21(24)27)11-20(25)26;7-6-4-2-1-3-5-6/h3-10,16-18H,2,11-13H2,1H3,(H,25,26);1-5H/t16-,17-,18+,30?;/m0./s1. The Labute approximate surface area is 228 Å². The molecule has 7 nitrogen and oxygen atoms in total. The minimum absolute atomic E-state index is 0.151. The number of aromatic nitrogens is 1. The number of hydrogen-bond donors (Lipinski definition) is 1. The van der Waals surface area contributed by atoms with Crippen LogP contribution in [0.5, 0.6) is 0 Å². The first-order chi connectivity index (χ1) is 17.8. The zero-order valence-electron chi connectivity index (χ0n) is 20.2. The lowest BCUT2D eigenvalue weighted by molar-refractivity contribution is -0.168. The number of carboxylic acids is 1. The van der Waals surface area contributed by atoms with Gasteiger partial charge in [-0.05, 0) is 48.4 Å². The van der Waals surface area contributed by atoms with Crippen molar-refractivity contribution in [3.63, 3.8) is 0 Å². The third kappa shape index (κ3) is 8.36. The Hall–Kier alpha value is -2.78. The number of ether oxygens (including phenoxy) is 1. The van der Waals surface area contributed by atoms with Crippen molar-refractivity contribution in [3.8, 4) is 0 Å². The van der Waals surface area contributed by atoms with E-state index < -0.39 is 41.2 Å². The summed E-state index contributed by atoms with van der Waals surface area (Å²) in [6, 6.07) is 20.9. The van der Waals surface area contributed by atoms with Crippen LogP contribution in [0.2, 0.25) is 10.0 Å². The lowest BCUT2D eigenvalue weighted by Gasteiger charge is -2.43. The topological polar surface area (TPSA) is 96.8 Å². The molecule has 4 rings (SSSR count). The third-order valence-electron chi connectivity index (χ3n) is 5.75. The van der Waals surface area contributed by atoms with Gasteiger partial charge in [0.05, 0.1) is 35.6 Å². The molecule has 2 heterocycles. The number of pyridine rings is 1. The summed E-state index contributed by atoms with van der Waals surface area (Å²) in [5, 5.41) is 11.0. The van der Waals surface area contributed by atoms with Crippen LogP contribution in [0.25, 0.3) is 0 Å². The molecule has 1 aromatic heterocycles. The van der Waals surface area contributed by atoms with Crippen LogP contribution in [0.3, 0.4) is 0 Å². The fourth-order valence-electron chi connectivity index (χ4n) is 3.91. The Morgan fingerprint density at radius 1 is 1.08 bits per heavy atom. The molecule has 2 aromatic carbocycles. The van der Waals surface area contributed by atoms with E-state index in [1.807, 2.05) is 49.4 Å². The number of hydrogen-bond acceptors (Lipinski definition) is 5. The number of nitrogens with zero attached hydrogens (tertiary/aromatic N) is 2. The average Bonchev–Trinajstić information content (AvgIpc) is 2.90. The summed E-state index contributed by atoms with van der Waals surface area (Å²) in [6.45, 7) is 2.06. The largest absolute Gasteiger partial charge is 0.481 e. The second kappa shape index (κ2) is 14.2. The molecule has 37 heavy (non-hydrogen) atoms. The number of amides is 1. The van der Waals surface area contributed by atoms with Crippen LogP contribution in [-0.4, -0.2) is 55.6 Å². The highest BCUT2D eigenvalue weighted by Crippen LogP contribution is 2.32. The summed E-state index contributed by atoms with van der Waals surface area (Å²) in [6.07, 6.45) is 0.646. The maximum atomic E-state index is 13.2. The van der Waals surface area contributed by atoms with Gasteiger partial charge in [-0.25, -0.2) is 4.98 Å². The molecule has 0 saturated carbocycles. The molecule has 3 aromatic rings. The van der Waals surface area contributed by atoms with Crippen molar-refractivity contribution < 1.29 is 23.6 Å². The molecule has 0 spiro atoms. The Kier molecular flexibility index (Phi) is 11.1. The molecule has 1 aliphatic rings. The monoisotopic (exact) mass is 562 g/mol. The van der Waals surface area contributed by atoms with Gasteiger partial charge < -0.3 is 14.7 Å². The predicted molar refractivity (Wildman–Crippen MR) is 144 cm³/mol. The number of carboxylic acid groups (broad SMARTS) is 1. The molecule has 1 unspecified atom stereocenters. The van der Waals surface area contributed by atoms with E-state index in [2.05, 4.69) is 4.98 Å². The Morgan fingerprint density at radius 2 is 1.73 bits per heavy atom. The second-order valence-corrected chi connectivity index (χ2v) is 10.6. The van der Waals surface area contributed by atoms with Crippen LogP contribution in [0.15, 0.2) is 84.0 Å². The second-order valence-electron chi connectivity index (χ2n) is 8.27. The third-order valence-corrected chi connectivity index (χ3v) is 7.65. The molecule has 1 aliphatic heterocycles. The van der Waals surface area contributed by atoms with Crippen LogP contribution in [0, 0.1) is 0 Å². The minimum atomic E-state index is -1.41. The smallest absolute Gasteiger partial charge is 0.306 e. The van der Waals surface area contributed by atoms with Gasteiger partial charge in [-0.15, -0.1) is 0 Å². The zero-order valence-corrected chi connectivity index (χ0v) is 22.5. The van der Waals surface area contributed by atoms with E-state index in [1.54, 1.807) is 41.4 Å². The van der Waals surface area contributed by atoms with Gasteiger partial charge in [-0.1, -0.05) is 66.5 Å². The number of morpholine rings is 1. The molecule has 0 aliphatic carbocycles. The van der Waals surface area contributed by atoms with E-state index in [1.165, 1.54) is 0 Å². The van der Waals surface area contributed by atoms with Crippen molar-refractivity contribution in [2.75, 3.05) is 12.4 Å². The van der Waals surface area contributed by atoms with Gasteiger partial charge in [0.2, 0.25) is 0 Å². The van der Waals surface area contributed by atoms with Crippen LogP contribution in [-0.2, 0) is 25.1 Å². The van der Waals surface area contributed by atoms with Crippen molar-refractivity contribution in [2.45, 2.75) is 43.0 Å². The first-order valence-corrected chi connectivity index (χ1v) is 13.8. The van der Waals surface area contributed by atoms with E-state index in [-0.39, 0.29) is 18.4 Å². The van der Waals surface area contributed by atoms with Gasteiger partial charge >= 0.3 is 5.97 Å². The van der Waals surface area contributed by atoms with Crippen molar-refractivity contribution in [1.82, 2.24) is 9.88 Å². The number of rotatable bonds is 8. The first kappa shape index (κ1) is 28.8. The quantitative estimate of drug-likeness (QED) is 0.394. The van der Waals surface area contributed by atoms with E-state index >= 15 is 0 Å². The van der Waals surface area contributed by atoms with Crippen molar-refractivity contribution in [2.24, 2.45) is 0 Å². The van der Waals surface area contributed by atoms with Gasteiger partial charge in [0, 0.05) is 22.3 Å². The summed E-state index contributed by atoms with van der Waals surface area (Å²) in [5.74, 6) is -1.32. The SMILES string of the molecule is CC[C@@H](CS(=O)c1ccccn1)N1C(=O)[C@@H](CC(=O)O)OC[C@H]1c1ccc(Cl)cc1.Clc1ccccc1. The summed E-state index contributed by atoms with van der Waals surface area (Å²) in [5.41, 5.74) is 0.823. The molecule has 1 fully saturated rings. The minimum Gasteiger partial charge on any atom is -0.481 e. The highest BCUT2D eigenvalue weighted by atomic mass is 35.5. The molecule has 0 radical (unpaired) electrons.